The molecular weight excluding hydrogens is 446 g/mol. The number of rotatable bonds is 4. The van der Waals surface area contributed by atoms with Gasteiger partial charge in [0.05, 0.1) is 17.0 Å². The van der Waals surface area contributed by atoms with Gasteiger partial charge in [-0.25, -0.2) is 14.8 Å². The number of nitrogens with zero attached hydrogens (tertiary/aromatic N) is 3. The van der Waals surface area contributed by atoms with Gasteiger partial charge in [-0.05, 0) is 36.1 Å². The van der Waals surface area contributed by atoms with Crippen molar-refractivity contribution in [1.29, 1.82) is 0 Å². The molecule has 0 bridgehead atoms. The molecular formula is C22H22BrN5O2. The molecule has 0 amide bonds. The Morgan fingerprint density at radius 3 is 2.67 bits per heavy atom. The van der Waals surface area contributed by atoms with Crippen molar-refractivity contribution >= 4 is 21.9 Å². The van der Waals surface area contributed by atoms with E-state index in [4.69, 9.17) is 10.7 Å². The first-order valence-electron chi connectivity index (χ1n) is 9.92. The molecule has 30 heavy (non-hydrogen) atoms. The van der Waals surface area contributed by atoms with E-state index in [0.29, 0.717) is 37.3 Å². The average molecular weight is 468 g/mol. The Morgan fingerprint density at radius 2 is 2.03 bits per heavy atom. The SMILES string of the molecule is Cn1c(CC2(N)CNC2)c(C(=O)O)c2c1-c1nc(-c3ccc(Br)cc3)ncc1CC2. The summed E-state index contributed by atoms with van der Waals surface area (Å²) in [6, 6.07) is 7.85. The van der Waals surface area contributed by atoms with E-state index in [0.717, 1.165) is 44.7 Å². The molecule has 154 valence electrons. The van der Waals surface area contributed by atoms with Crippen LogP contribution < -0.4 is 11.1 Å². The molecule has 5 rings (SSSR count). The van der Waals surface area contributed by atoms with E-state index < -0.39 is 11.5 Å². The summed E-state index contributed by atoms with van der Waals surface area (Å²) in [5.41, 5.74) is 11.7. The first-order chi connectivity index (χ1) is 14.4. The van der Waals surface area contributed by atoms with E-state index in [1.807, 2.05) is 42.1 Å². The van der Waals surface area contributed by atoms with Gasteiger partial charge in [-0.15, -0.1) is 0 Å². The highest BCUT2D eigenvalue weighted by atomic mass is 79.9. The second-order valence-corrected chi connectivity index (χ2v) is 9.15. The van der Waals surface area contributed by atoms with Gasteiger partial charge in [0.25, 0.3) is 0 Å². The van der Waals surface area contributed by atoms with Crippen molar-refractivity contribution in [2.24, 2.45) is 12.8 Å². The molecule has 3 heterocycles. The summed E-state index contributed by atoms with van der Waals surface area (Å²) >= 11 is 3.45. The zero-order valence-electron chi connectivity index (χ0n) is 16.6. The Bertz CT molecular complexity index is 1170. The number of carboxylic acid groups (broad SMARTS) is 1. The van der Waals surface area contributed by atoms with Crippen LogP contribution in [0.3, 0.4) is 0 Å². The number of aromatic nitrogens is 3. The van der Waals surface area contributed by atoms with Crippen molar-refractivity contribution in [2.75, 3.05) is 13.1 Å². The van der Waals surface area contributed by atoms with Crippen LogP contribution in [-0.4, -0.2) is 44.2 Å². The summed E-state index contributed by atoms with van der Waals surface area (Å²) < 4.78 is 2.98. The van der Waals surface area contributed by atoms with Gasteiger partial charge in [-0.2, -0.15) is 0 Å². The third-order valence-electron chi connectivity index (χ3n) is 6.14. The molecule has 1 aliphatic heterocycles. The Hall–Kier alpha value is -2.55. The smallest absolute Gasteiger partial charge is 0.337 e. The van der Waals surface area contributed by atoms with Crippen LogP contribution >= 0.6 is 15.9 Å². The highest BCUT2D eigenvalue weighted by Crippen LogP contribution is 2.39. The maximum atomic E-state index is 12.2. The number of benzene rings is 1. The van der Waals surface area contributed by atoms with Gasteiger partial charge in [-0.1, -0.05) is 28.1 Å². The summed E-state index contributed by atoms with van der Waals surface area (Å²) in [5, 5.41) is 13.2. The number of aryl methyl sites for hydroxylation is 1. The van der Waals surface area contributed by atoms with E-state index in [1.54, 1.807) is 0 Å². The first-order valence-corrected chi connectivity index (χ1v) is 10.7. The van der Waals surface area contributed by atoms with Crippen LogP contribution in [0, 0.1) is 0 Å². The Labute approximate surface area is 182 Å². The summed E-state index contributed by atoms with van der Waals surface area (Å²) in [7, 11) is 1.92. The number of carboxylic acids is 1. The van der Waals surface area contributed by atoms with Crippen molar-refractivity contribution < 1.29 is 9.90 Å². The minimum Gasteiger partial charge on any atom is -0.478 e. The molecule has 0 radical (unpaired) electrons. The standard InChI is InChI=1S/C22H22BrN5O2/c1-28-16(8-22(24)10-25-11-22)17(21(29)30)15-7-4-13-9-26-20(27-18(13)19(15)28)12-2-5-14(23)6-3-12/h2-3,5-6,9,25H,4,7-8,10-11,24H2,1H3,(H,29,30). The molecule has 0 spiro atoms. The topological polar surface area (TPSA) is 106 Å². The second kappa shape index (κ2) is 7.01. The molecule has 3 aromatic rings. The number of nitrogens with two attached hydrogens (primary N) is 1. The van der Waals surface area contributed by atoms with Crippen LogP contribution in [0.1, 0.15) is 27.2 Å². The molecule has 1 saturated heterocycles. The van der Waals surface area contributed by atoms with Gasteiger partial charge in [0.1, 0.15) is 0 Å². The molecule has 2 aromatic heterocycles. The van der Waals surface area contributed by atoms with Gasteiger partial charge in [-0.3, -0.25) is 0 Å². The molecule has 0 unspecified atom stereocenters. The van der Waals surface area contributed by atoms with Crippen LogP contribution in [0.15, 0.2) is 34.9 Å². The van der Waals surface area contributed by atoms with Crippen molar-refractivity contribution in [2.45, 2.75) is 24.8 Å². The molecule has 1 fully saturated rings. The van der Waals surface area contributed by atoms with Gasteiger partial charge < -0.3 is 20.7 Å². The second-order valence-electron chi connectivity index (χ2n) is 8.23. The largest absolute Gasteiger partial charge is 0.478 e. The van der Waals surface area contributed by atoms with Crippen LogP contribution in [-0.2, 0) is 26.3 Å². The van der Waals surface area contributed by atoms with E-state index in [1.165, 1.54) is 0 Å². The summed E-state index contributed by atoms with van der Waals surface area (Å²) in [5.74, 6) is -0.268. The van der Waals surface area contributed by atoms with Crippen molar-refractivity contribution in [1.82, 2.24) is 19.9 Å². The Kier molecular flexibility index (Phi) is 4.53. The van der Waals surface area contributed by atoms with Crippen LogP contribution in [0.5, 0.6) is 0 Å². The van der Waals surface area contributed by atoms with E-state index in [2.05, 4.69) is 26.2 Å². The number of fused-ring (bicyclic) bond motifs is 3. The van der Waals surface area contributed by atoms with Gasteiger partial charge >= 0.3 is 5.97 Å². The summed E-state index contributed by atoms with van der Waals surface area (Å²) in [6.45, 7) is 1.38. The summed E-state index contributed by atoms with van der Waals surface area (Å²) in [4.78, 5) is 21.7. The highest BCUT2D eigenvalue weighted by molar-refractivity contribution is 9.10. The number of halogens is 1. The molecule has 0 atom stereocenters. The molecule has 0 saturated carbocycles. The van der Waals surface area contributed by atoms with E-state index in [9.17, 15) is 9.90 Å². The number of nitrogens with one attached hydrogen (secondary N) is 1. The third kappa shape index (κ3) is 3.07. The minimum atomic E-state index is -0.900. The fraction of sp³-hybridized carbons (Fsp3) is 0.318. The number of carbonyl (C=O) groups is 1. The maximum absolute atomic E-state index is 12.2. The number of hydrogen-bond acceptors (Lipinski definition) is 5. The highest BCUT2D eigenvalue weighted by Gasteiger charge is 2.38. The van der Waals surface area contributed by atoms with Crippen LogP contribution in [0.2, 0.25) is 0 Å². The molecule has 8 heteroatoms. The lowest BCUT2D eigenvalue weighted by Crippen LogP contribution is -2.67. The zero-order valence-corrected chi connectivity index (χ0v) is 18.2. The van der Waals surface area contributed by atoms with E-state index in [-0.39, 0.29) is 0 Å². The van der Waals surface area contributed by atoms with Crippen molar-refractivity contribution in [3.63, 3.8) is 0 Å². The number of hydrogen-bond donors (Lipinski definition) is 3. The normalized spacial score (nSPS) is 16.5. The van der Waals surface area contributed by atoms with Crippen LogP contribution in [0.4, 0.5) is 0 Å². The third-order valence-corrected chi connectivity index (χ3v) is 6.67. The molecule has 7 nitrogen and oxygen atoms in total. The average Bonchev–Trinajstić information content (AvgIpc) is 2.99. The van der Waals surface area contributed by atoms with E-state index >= 15 is 0 Å². The molecule has 2 aliphatic rings. The first kappa shape index (κ1) is 19.4. The number of aromatic carboxylic acids is 1. The molecule has 1 aromatic carbocycles. The van der Waals surface area contributed by atoms with Gasteiger partial charge in [0.15, 0.2) is 5.82 Å². The predicted octanol–water partition coefficient (Wildman–Crippen LogP) is 2.55. The van der Waals surface area contributed by atoms with Gasteiger partial charge in [0, 0.05) is 54.0 Å². The molecule has 1 aliphatic carbocycles. The quantitative estimate of drug-likeness (QED) is 0.544. The monoisotopic (exact) mass is 467 g/mol. The van der Waals surface area contributed by atoms with Crippen LogP contribution in [0.25, 0.3) is 22.8 Å². The Balaban J connectivity index is 1.66. The lowest BCUT2D eigenvalue weighted by molar-refractivity contribution is 0.0693. The predicted molar refractivity (Wildman–Crippen MR) is 117 cm³/mol. The lowest BCUT2D eigenvalue weighted by Gasteiger charge is -2.39. The summed E-state index contributed by atoms with van der Waals surface area (Å²) in [6.07, 6.45) is 3.78. The minimum absolute atomic E-state index is 0.388. The fourth-order valence-electron chi connectivity index (χ4n) is 4.50. The zero-order chi connectivity index (χ0) is 21.0. The van der Waals surface area contributed by atoms with Gasteiger partial charge in [0.2, 0.25) is 0 Å². The molecule has 4 N–H and O–H groups in total. The van der Waals surface area contributed by atoms with Crippen molar-refractivity contribution in [3.8, 4) is 22.8 Å². The lowest BCUT2D eigenvalue weighted by atomic mass is 9.86. The fourth-order valence-corrected chi connectivity index (χ4v) is 4.76. The van der Waals surface area contributed by atoms with Crippen molar-refractivity contribution in [3.05, 3.63) is 57.3 Å². The maximum Gasteiger partial charge on any atom is 0.337 e. The Morgan fingerprint density at radius 1 is 1.30 bits per heavy atom.